The number of amides is 1. The lowest BCUT2D eigenvalue weighted by molar-refractivity contribution is 0.101. The molecular weight excluding hydrogens is 555 g/mol. The fourth-order valence-corrected chi connectivity index (χ4v) is 6.99. The summed E-state index contributed by atoms with van der Waals surface area (Å²) in [7, 11) is -2.64. The second kappa shape index (κ2) is 11.0. The van der Waals surface area contributed by atoms with E-state index in [9.17, 15) is 17.6 Å². The van der Waals surface area contributed by atoms with Crippen LogP contribution >= 0.6 is 0 Å². The molecule has 0 spiro atoms. The van der Waals surface area contributed by atoms with E-state index in [4.69, 9.17) is 4.74 Å². The number of sulfonamides is 1. The minimum Gasteiger partial charge on any atom is -0.383 e. The van der Waals surface area contributed by atoms with Crippen LogP contribution in [0.5, 0.6) is 0 Å². The second-order valence-corrected chi connectivity index (χ2v) is 11.9. The van der Waals surface area contributed by atoms with Gasteiger partial charge in [0.15, 0.2) is 0 Å². The number of halogens is 1. The maximum absolute atomic E-state index is 14.1. The molecule has 0 atom stereocenters. The first-order chi connectivity index (χ1) is 20.3. The van der Waals surface area contributed by atoms with Crippen molar-refractivity contribution in [3.8, 4) is 0 Å². The average Bonchev–Trinajstić information content (AvgIpc) is 3.54. The van der Waals surface area contributed by atoms with E-state index in [0.717, 1.165) is 38.2 Å². The van der Waals surface area contributed by atoms with Gasteiger partial charge in [0.05, 0.1) is 35.4 Å². The van der Waals surface area contributed by atoms with Crippen LogP contribution in [0.4, 0.5) is 10.1 Å². The Balaban J connectivity index is 1.48. The van der Waals surface area contributed by atoms with Crippen LogP contribution in [0.1, 0.15) is 22.8 Å². The van der Waals surface area contributed by atoms with Crippen molar-refractivity contribution in [1.29, 1.82) is 0 Å². The van der Waals surface area contributed by atoms with E-state index in [-0.39, 0.29) is 11.3 Å². The Morgan fingerprint density at radius 1 is 0.929 bits per heavy atom. The van der Waals surface area contributed by atoms with Gasteiger partial charge in [-0.2, -0.15) is 0 Å². The highest BCUT2D eigenvalue weighted by Gasteiger charge is 2.31. The number of hydrogen-bond donors (Lipinski definition) is 0. The van der Waals surface area contributed by atoms with Crippen LogP contribution in [0.2, 0.25) is 0 Å². The van der Waals surface area contributed by atoms with Gasteiger partial charge in [-0.15, -0.1) is 0 Å². The van der Waals surface area contributed by atoms with Crippen LogP contribution in [0.25, 0.3) is 32.8 Å². The Labute approximate surface area is 242 Å². The van der Waals surface area contributed by atoms with E-state index < -0.39 is 27.5 Å². The normalized spacial score (nSPS) is 12.0. The fraction of sp³-hybridized carbons (Fsp3) is 0.188. The third kappa shape index (κ3) is 4.93. The molecule has 0 bridgehead atoms. The maximum atomic E-state index is 14.1. The lowest BCUT2D eigenvalue weighted by atomic mass is 10.1. The van der Waals surface area contributed by atoms with E-state index in [0.29, 0.717) is 24.2 Å². The van der Waals surface area contributed by atoms with Gasteiger partial charge in [-0.3, -0.25) is 4.79 Å². The quantitative estimate of drug-likeness (QED) is 0.204. The molecule has 1 amide bonds. The zero-order chi connectivity index (χ0) is 29.4. The van der Waals surface area contributed by atoms with E-state index >= 15 is 0 Å². The molecule has 0 N–H and O–H groups in total. The van der Waals surface area contributed by atoms with Crippen molar-refractivity contribution in [1.82, 2.24) is 14.1 Å². The molecule has 0 aliphatic carbocycles. The Kier molecular flexibility index (Phi) is 7.26. The molecule has 0 unspecified atom stereocenters. The Morgan fingerprint density at radius 3 is 2.43 bits per heavy atom. The largest absolute Gasteiger partial charge is 0.383 e. The van der Waals surface area contributed by atoms with Crippen LogP contribution in [-0.2, 0) is 33.6 Å². The summed E-state index contributed by atoms with van der Waals surface area (Å²) in [6.07, 6.45) is 1.67. The molecule has 2 heterocycles. The molecule has 6 aromatic rings. The number of benzene rings is 4. The molecule has 0 saturated carbocycles. The number of methoxy groups -OCH3 is 1. The van der Waals surface area contributed by atoms with Crippen molar-refractivity contribution in [2.45, 2.75) is 25.8 Å². The first kappa shape index (κ1) is 27.6. The number of para-hydroxylation sites is 1. The lowest BCUT2D eigenvalue weighted by Gasteiger charge is -2.23. The number of carbonyl (C=O) groups excluding carboxylic acids is 1. The monoisotopic (exact) mass is 584 g/mol. The summed E-state index contributed by atoms with van der Waals surface area (Å²) < 4.78 is 51.7. The third-order valence-electron chi connectivity index (χ3n) is 7.44. The molecule has 0 radical (unpaired) electrons. The van der Waals surface area contributed by atoms with E-state index in [2.05, 4.69) is 16.5 Å². The summed E-state index contributed by atoms with van der Waals surface area (Å²) in [4.78, 5) is 18.6. The first-order valence-electron chi connectivity index (χ1n) is 13.6. The van der Waals surface area contributed by atoms with Gasteiger partial charge in [-0.25, -0.2) is 22.1 Å². The zero-order valence-electron chi connectivity index (χ0n) is 23.2. The highest BCUT2D eigenvalue weighted by atomic mass is 32.2. The SMILES string of the molecule is CCn1c2ccccc2c2cc(N(C(=O)c3ccc4c(c3)ncn4CCOC)S(=O)(=O)Cc3ccc(F)cc3)ccc21. The van der Waals surface area contributed by atoms with Crippen molar-refractivity contribution < 1.29 is 22.3 Å². The standard InChI is InChI=1S/C32H29FN4O4S/c1-3-36-29-7-5-4-6-26(29)27-19-25(13-15-30(27)36)37(42(39,40)20-22-8-11-24(33)12-9-22)32(38)23-10-14-31-28(18-23)34-21-35(31)16-17-41-2/h4-15,18-19,21H,3,16-17,20H2,1-2H3. The van der Waals surface area contributed by atoms with Gasteiger partial charge in [0.1, 0.15) is 5.82 Å². The van der Waals surface area contributed by atoms with Crippen molar-refractivity contribution >= 4 is 54.5 Å². The Bertz CT molecular complexity index is 2050. The van der Waals surface area contributed by atoms with Gasteiger partial charge < -0.3 is 13.9 Å². The highest BCUT2D eigenvalue weighted by Crippen LogP contribution is 2.34. The van der Waals surface area contributed by atoms with Crippen LogP contribution in [0.15, 0.2) is 91.3 Å². The predicted octanol–water partition coefficient (Wildman–Crippen LogP) is 6.13. The minimum atomic E-state index is -4.26. The number of carbonyl (C=O) groups is 1. The number of imidazole rings is 1. The van der Waals surface area contributed by atoms with Gasteiger partial charge >= 0.3 is 0 Å². The molecule has 0 aliphatic rings. The predicted molar refractivity (Wildman–Crippen MR) is 163 cm³/mol. The van der Waals surface area contributed by atoms with Gasteiger partial charge in [0, 0.05) is 47.6 Å². The van der Waals surface area contributed by atoms with Crippen LogP contribution < -0.4 is 4.31 Å². The number of hydrogen-bond acceptors (Lipinski definition) is 5. The Morgan fingerprint density at radius 2 is 1.67 bits per heavy atom. The van der Waals surface area contributed by atoms with Crippen molar-refractivity contribution in [2.24, 2.45) is 0 Å². The van der Waals surface area contributed by atoms with Gasteiger partial charge in [-0.05, 0) is 67.1 Å². The molecule has 42 heavy (non-hydrogen) atoms. The number of aromatic nitrogens is 3. The number of ether oxygens (including phenoxy) is 1. The molecule has 10 heteroatoms. The van der Waals surface area contributed by atoms with Crippen LogP contribution in [0.3, 0.4) is 0 Å². The molecular formula is C32H29FN4O4S. The summed E-state index contributed by atoms with van der Waals surface area (Å²) in [6, 6.07) is 23.4. The fourth-order valence-electron chi connectivity index (χ4n) is 5.45. The molecule has 0 aliphatic heterocycles. The van der Waals surface area contributed by atoms with Crippen LogP contribution in [-0.4, -0.2) is 42.2 Å². The van der Waals surface area contributed by atoms with E-state index in [1.807, 2.05) is 34.9 Å². The maximum Gasteiger partial charge on any atom is 0.272 e. The van der Waals surface area contributed by atoms with E-state index in [1.54, 1.807) is 43.8 Å². The van der Waals surface area contributed by atoms with E-state index in [1.165, 1.54) is 24.3 Å². The topological polar surface area (TPSA) is 86.4 Å². The smallest absolute Gasteiger partial charge is 0.272 e. The second-order valence-electron chi connectivity index (χ2n) is 10.0. The summed E-state index contributed by atoms with van der Waals surface area (Å²) in [5.41, 5.74) is 4.10. The summed E-state index contributed by atoms with van der Waals surface area (Å²) in [6.45, 7) is 3.86. The number of nitrogens with zero attached hydrogens (tertiary/aromatic N) is 4. The molecule has 4 aromatic carbocycles. The minimum absolute atomic E-state index is 0.179. The molecule has 8 nitrogen and oxygen atoms in total. The van der Waals surface area contributed by atoms with Gasteiger partial charge in [0.25, 0.3) is 5.91 Å². The number of anilines is 1. The van der Waals surface area contributed by atoms with Crippen molar-refractivity contribution in [3.63, 3.8) is 0 Å². The molecule has 2 aromatic heterocycles. The summed E-state index contributed by atoms with van der Waals surface area (Å²) >= 11 is 0. The third-order valence-corrected chi connectivity index (χ3v) is 9.07. The number of aryl methyl sites for hydroxylation is 1. The molecule has 6 rings (SSSR count). The highest BCUT2D eigenvalue weighted by molar-refractivity contribution is 7.92. The van der Waals surface area contributed by atoms with Gasteiger partial charge in [-0.1, -0.05) is 30.3 Å². The number of fused-ring (bicyclic) bond motifs is 4. The molecule has 0 saturated heterocycles. The number of rotatable bonds is 9. The molecule has 214 valence electrons. The van der Waals surface area contributed by atoms with Crippen LogP contribution in [0, 0.1) is 5.82 Å². The lowest BCUT2D eigenvalue weighted by Crippen LogP contribution is -2.38. The molecule has 0 fully saturated rings. The first-order valence-corrected chi connectivity index (χ1v) is 15.2. The van der Waals surface area contributed by atoms with Gasteiger partial charge in [0.2, 0.25) is 10.0 Å². The van der Waals surface area contributed by atoms with Crippen molar-refractivity contribution in [3.05, 3.63) is 108 Å². The Hall–Kier alpha value is -4.54. The summed E-state index contributed by atoms with van der Waals surface area (Å²) in [5, 5.41) is 1.80. The van der Waals surface area contributed by atoms with Crippen molar-refractivity contribution in [2.75, 3.05) is 18.0 Å². The summed E-state index contributed by atoms with van der Waals surface area (Å²) in [5.74, 6) is -1.66. The average molecular weight is 585 g/mol. The zero-order valence-corrected chi connectivity index (χ0v) is 24.0.